The lowest BCUT2D eigenvalue weighted by molar-refractivity contribution is -0.146. The third-order valence-electron chi connectivity index (χ3n) is 4.70. The lowest BCUT2D eigenvalue weighted by Crippen LogP contribution is -2.48. The number of fused-ring (bicyclic) bond motifs is 1. The zero-order chi connectivity index (χ0) is 13.4. The standard InChI is InChI=1S/C15H21NO2S/c1-10-2-3-12(15(17)18)13(8-10)16-6-4-14-11(9-16)5-7-19-14/h5,7,10,12-13H,2-4,6,8-9H2,1H3,(H,17,18). The molecule has 1 N–H and O–H groups in total. The van der Waals surface area contributed by atoms with E-state index in [2.05, 4.69) is 23.3 Å². The van der Waals surface area contributed by atoms with Crippen LogP contribution < -0.4 is 0 Å². The Morgan fingerprint density at radius 2 is 2.32 bits per heavy atom. The van der Waals surface area contributed by atoms with Gasteiger partial charge in [-0.25, -0.2) is 0 Å². The van der Waals surface area contributed by atoms with Gasteiger partial charge in [-0.3, -0.25) is 9.69 Å². The minimum absolute atomic E-state index is 0.170. The van der Waals surface area contributed by atoms with E-state index in [1.54, 1.807) is 0 Å². The van der Waals surface area contributed by atoms with Crippen LogP contribution in [0.25, 0.3) is 0 Å². The monoisotopic (exact) mass is 279 g/mol. The molecule has 0 aromatic carbocycles. The highest BCUT2D eigenvalue weighted by atomic mass is 32.1. The van der Waals surface area contributed by atoms with Crippen molar-refractivity contribution in [2.75, 3.05) is 6.54 Å². The maximum Gasteiger partial charge on any atom is 0.308 e. The van der Waals surface area contributed by atoms with Crippen LogP contribution in [-0.4, -0.2) is 28.6 Å². The number of hydrogen-bond acceptors (Lipinski definition) is 3. The highest BCUT2D eigenvalue weighted by molar-refractivity contribution is 7.10. The van der Waals surface area contributed by atoms with Crippen molar-refractivity contribution in [1.29, 1.82) is 0 Å². The SMILES string of the molecule is CC1CCC(C(=O)O)C(N2CCc3sccc3C2)C1. The van der Waals surface area contributed by atoms with Gasteiger partial charge < -0.3 is 5.11 Å². The summed E-state index contributed by atoms with van der Waals surface area (Å²) in [6.45, 7) is 4.22. The maximum absolute atomic E-state index is 11.5. The van der Waals surface area contributed by atoms with E-state index in [-0.39, 0.29) is 12.0 Å². The molecule has 1 saturated carbocycles. The molecule has 3 atom stereocenters. The highest BCUT2D eigenvalue weighted by Crippen LogP contribution is 2.35. The molecule has 3 nitrogen and oxygen atoms in total. The lowest BCUT2D eigenvalue weighted by atomic mass is 9.78. The fraction of sp³-hybridized carbons (Fsp3) is 0.667. The fourth-order valence-corrected chi connectivity index (χ4v) is 4.49. The molecule has 1 aromatic heterocycles. The Morgan fingerprint density at radius 1 is 1.47 bits per heavy atom. The summed E-state index contributed by atoms with van der Waals surface area (Å²) >= 11 is 1.84. The van der Waals surface area contributed by atoms with Gasteiger partial charge in [0.05, 0.1) is 5.92 Å². The summed E-state index contributed by atoms with van der Waals surface area (Å²) < 4.78 is 0. The second-order valence-corrected chi connectivity index (χ2v) is 7.02. The van der Waals surface area contributed by atoms with Crippen LogP contribution in [0.5, 0.6) is 0 Å². The zero-order valence-electron chi connectivity index (χ0n) is 11.3. The Kier molecular flexibility index (Phi) is 3.63. The molecule has 19 heavy (non-hydrogen) atoms. The first-order valence-electron chi connectivity index (χ1n) is 7.17. The molecule has 3 unspecified atom stereocenters. The van der Waals surface area contributed by atoms with Gasteiger partial charge in [-0.1, -0.05) is 6.92 Å². The van der Waals surface area contributed by atoms with Crippen LogP contribution in [0.4, 0.5) is 0 Å². The third kappa shape index (κ3) is 2.56. The van der Waals surface area contributed by atoms with Crippen LogP contribution >= 0.6 is 11.3 Å². The average molecular weight is 279 g/mol. The first-order chi connectivity index (χ1) is 9.15. The zero-order valence-corrected chi connectivity index (χ0v) is 12.2. The molecule has 1 aliphatic carbocycles. The Hall–Kier alpha value is -0.870. The predicted octanol–water partition coefficient (Wildman–Crippen LogP) is 3.00. The number of nitrogens with zero attached hydrogens (tertiary/aromatic N) is 1. The number of rotatable bonds is 2. The number of thiophene rings is 1. The Bertz CT molecular complexity index is 470. The van der Waals surface area contributed by atoms with Crippen molar-refractivity contribution in [2.45, 2.75) is 45.2 Å². The number of carbonyl (C=O) groups is 1. The second-order valence-electron chi connectivity index (χ2n) is 6.02. The Balaban J connectivity index is 1.78. The van der Waals surface area contributed by atoms with Crippen molar-refractivity contribution in [3.63, 3.8) is 0 Å². The molecule has 1 fully saturated rings. The van der Waals surface area contributed by atoms with E-state index < -0.39 is 5.97 Å². The largest absolute Gasteiger partial charge is 0.481 e. The summed E-state index contributed by atoms with van der Waals surface area (Å²) in [6.07, 6.45) is 4.03. The molecule has 0 bridgehead atoms. The predicted molar refractivity (Wildman–Crippen MR) is 76.4 cm³/mol. The van der Waals surface area contributed by atoms with Crippen LogP contribution in [0.2, 0.25) is 0 Å². The van der Waals surface area contributed by atoms with E-state index in [1.165, 1.54) is 10.4 Å². The van der Waals surface area contributed by atoms with Crippen LogP contribution in [-0.2, 0) is 17.8 Å². The van der Waals surface area contributed by atoms with E-state index in [0.29, 0.717) is 5.92 Å². The first-order valence-corrected chi connectivity index (χ1v) is 8.05. The second kappa shape index (κ2) is 5.25. The molecular weight excluding hydrogens is 258 g/mol. The van der Waals surface area contributed by atoms with E-state index >= 15 is 0 Å². The normalized spacial score (nSPS) is 31.9. The molecular formula is C15H21NO2S. The summed E-state index contributed by atoms with van der Waals surface area (Å²) in [6, 6.07) is 2.43. The van der Waals surface area contributed by atoms with Crippen LogP contribution in [0, 0.1) is 11.8 Å². The van der Waals surface area contributed by atoms with Crippen LogP contribution in [0.1, 0.15) is 36.6 Å². The van der Waals surface area contributed by atoms with E-state index in [4.69, 9.17) is 0 Å². The van der Waals surface area contributed by atoms with Crippen molar-refractivity contribution in [2.24, 2.45) is 11.8 Å². The molecule has 2 heterocycles. The van der Waals surface area contributed by atoms with Gasteiger partial charge >= 0.3 is 5.97 Å². The minimum atomic E-state index is -0.604. The van der Waals surface area contributed by atoms with Gasteiger partial charge in [-0.2, -0.15) is 0 Å². The van der Waals surface area contributed by atoms with Crippen molar-refractivity contribution in [1.82, 2.24) is 4.90 Å². The molecule has 1 aromatic rings. The fourth-order valence-electron chi connectivity index (χ4n) is 3.60. The van der Waals surface area contributed by atoms with Gasteiger partial charge in [-0.05, 0) is 48.6 Å². The molecule has 104 valence electrons. The first kappa shape index (κ1) is 13.1. The third-order valence-corrected chi connectivity index (χ3v) is 5.73. The van der Waals surface area contributed by atoms with Gasteiger partial charge in [0.25, 0.3) is 0 Å². The van der Waals surface area contributed by atoms with Crippen molar-refractivity contribution in [3.05, 3.63) is 21.9 Å². The molecule has 1 aliphatic heterocycles. The number of aliphatic carboxylic acids is 1. The van der Waals surface area contributed by atoms with E-state index in [1.807, 2.05) is 11.3 Å². The van der Waals surface area contributed by atoms with E-state index in [9.17, 15) is 9.90 Å². The van der Waals surface area contributed by atoms with Gasteiger partial charge in [0.1, 0.15) is 0 Å². The van der Waals surface area contributed by atoms with Gasteiger partial charge in [0, 0.05) is 24.0 Å². The lowest BCUT2D eigenvalue weighted by Gasteiger charge is -2.42. The smallest absolute Gasteiger partial charge is 0.308 e. The summed E-state index contributed by atoms with van der Waals surface area (Å²) in [4.78, 5) is 15.4. The van der Waals surface area contributed by atoms with Crippen LogP contribution in [0.3, 0.4) is 0 Å². The minimum Gasteiger partial charge on any atom is -0.481 e. The van der Waals surface area contributed by atoms with Crippen LogP contribution in [0.15, 0.2) is 11.4 Å². The molecule has 3 rings (SSSR count). The average Bonchev–Trinajstić information content (AvgIpc) is 2.85. The quantitative estimate of drug-likeness (QED) is 0.904. The molecule has 0 amide bonds. The molecule has 4 heteroatoms. The van der Waals surface area contributed by atoms with Crippen molar-refractivity contribution >= 4 is 17.3 Å². The number of carboxylic acid groups (broad SMARTS) is 1. The Labute approximate surface area is 118 Å². The summed E-state index contributed by atoms with van der Waals surface area (Å²) in [5.74, 6) is -0.117. The summed E-state index contributed by atoms with van der Waals surface area (Å²) in [5.41, 5.74) is 1.42. The highest BCUT2D eigenvalue weighted by Gasteiger charge is 2.38. The van der Waals surface area contributed by atoms with Gasteiger partial charge in [0.2, 0.25) is 0 Å². The summed E-state index contributed by atoms with van der Waals surface area (Å²) in [5, 5.41) is 11.6. The van der Waals surface area contributed by atoms with E-state index in [0.717, 1.165) is 38.8 Å². The topological polar surface area (TPSA) is 40.5 Å². The maximum atomic E-state index is 11.5. The van der Waals surface area contributed by atoms with Crippen molar-refractivity contribution < 1.29 is 9.90 Å². The van der Waals surface area contributed by atoms with Gasteiger partial charge in [0.15, 0.2) is 0 Å². The summed E-state index contributed by atoms with van der Waals surface area (Å²) in [7, 11) is 0. The Morgan fingerprint density at radius 3 is 3.11 bits per heavy atom. The number of hydrogen-bond donors (Lipinski definition) is 1. The molecule has 2 aliphatic rings. The molecule has 0 radical (unpaired) electrons. The number of carboxylic acids is 1. The van der Waals surface area contributed by atoms with Gasteiger partial charge in [-0.15, -0.1) is 11.3 Å². The molecule has 0 spiro atoms. The van der Waals surface area contributed by atoms with Crippen molar-refractivity contribution in [3.8, 4) is 0 Å². The molecule has 0 saturated heterocycles.